The van der Waals surface area contributed by atoms with Crippen molar-refractivity contribution in [1.82, 2.24) is 0 Å². The summed E-state index contributed by atoms with van der Waals surface area (Å²) in [6.45, 7) is 3.32. The fourth-order valence-corrected chi connectivity index (χ4v) is 5.13. The van der Waals surface area contributed by atoms with Gasteiger partial charge in [-0.15, -0.1) is 0 Å². The summed E-state index contributed by atoms with van der Waals surface area (Å²) in [5.74, 6) is -0.873. The number of benzene rings is 3. The Bertz CT molecular complexity index is 1340. The SMILES string of the molecule is Cc1ccc(S(=O)(=O)N2CC(C(=O)Nc3cccc(C(N)=O)c3C)Oc3ccccc32)cc1. The molecule has 33 heavy (non-hydrogen) atoms. The van der Waals surface area contributed by atoms with Gasteiger partial charge in [0.05, 0.1) is 17.1 Å². The monoisotopic (exact) mass is 465 g/mol. The number of amides is 2. The maximum atomic E-state index is 13.4. The second-order valence-corrected chi connectivity index (χ2v) is 9.62. The van der Waals surface area contributed by atoms with E-state index < -0.39 is 27.9 Å². The highest BCUT2D eigenvalue weighted by molar-refractivity contribution is 7.92. The Kier molecular flexibility index (Phi) is 5.82. The fraction of sp³-hybridized carbons (Fsp3) is 0.167. The number of nitrogens with one attached hydrogen (secondary N) is 1. The first kappa shape index (κ1) is 22.3. The molecule has 0 saturated heterocycles. The van der Waals surface area contributed by atoms with Gasteiger partial charge in [-0.25, -0.2) is 8.42 Å². The van der Waals surface area contributed by atoms with E-state index in [2.05, 4.69) is 5.32 Å². The number of hydrogen-bond donors (Lipinski definition) is 2. The van der Waals surface area contributed by atoms with Gasteiger partial charge in [0.2, 0.25) is 5.91 Å². The number of nitrogens with two attached hydrogens (primary N) is 1. The molecule has 1 aliphatic rings. The van der Waals surface area contributed by atoms with Gasteiger partial charge in [-0.05, 0) is 55.8 Å². The zero-order valence-corrected chi connectivity index (χ0v) is 18.9. The lowest BCUT2D eigenvalue weighted by Gasteiger charge is -2.34. The van der Waals surface area contributed by atoms with Crippen LogP contribution in [0, 0.1) is 13.8 Å². The standard InChI is InChI=1S/C24H23N3O5S/c1-15-10-12-17(13-11-15)33(30,31)27-14-22(32-21-9-4-3-8-20(21)27)24(29)26-19-7-5-6-18(16(19)2)23(25)28/h3-13,22H,14H2,1-2H3,(H2,25,28)(H,26,29). The van der Waals surface area contributed by atoms with Crippen LogP contribution in [0.1, 0.15) is 21.5 Å². The molecule has 0 spiro atoms. The molecule has 3 aromatic carbocycles. The molecule has 1 atom stereocenters. The van der Waals surface area contributed by atoms with Crippen molar-refractivity contribution >= 4 is 33.2 Å². The molecule has 0 bridgehead atoms. The van der Waals surface area contributed by atoms with Crippen LogP contribution >= 0.6 is 0 Å². The zero-order valence-electron chi connectivity index (χ0n) is 18.1. The minimum Gasteiger partial charge on any atom is -0.476 e. The normalized spacial score (nSPS) is 15.3. The van der Waals surface area contributed by atoms with Gasteiger partial charge in [0, 0.05) is 11.3 Å². The Labute approximate surface area is 192 Å². The molecule has 1 unspecified atom stereocenters. The van der Waals surface area contributed by atoms with Crippen LogP contribution in [-0.2, 0) is 14.8 Å². The molecule has 3 N–H and O–H groups in total. The second-order valence-electron chi connectivity index (χ2n) is 7.76. The van der Waals surface area contributed by atoms with Crippen LogP contribution in [0.4, 0.5) is 11.4 Å². The molecule has 1 heterocycles. The predicted molar refractivity (Wildman–Crippen MR) is 125 cm³/mol. The topological polar surface area (TPSA) is 119 Å². The molecule has 0 aromatic heterocycles. The van der Waals surface area contributed by atoms with Crippen molar-refractivity contribution in [3.05, 3.63) is 83.4 Å². The number of sulfonamides is 1. The highest BCUT2D eigenvalue weighted by atomic mass is 32.2. The minimum absolute atomic E-state index is 0.119. The van der Waals surface area contributed by atoms with Gasteiger partial charge in [0.15, 0.2) is 6.10 Å². The van der Waals surface area contributed by atoms with Crippen LogP contribution in [-0.4, -0.2) is 32.9 Å². The molecule has 2 amide bonds. The lowest BCUT2D eigenvalue weighted by Crippen LogP contribution is -2.48. The van der Waals surface area contributed by atoms with Crippen molar-refractivity contribution in [2.24, 2.45) is 5.73 Å². The van der Waals surface area contributed by atoms with Crippen LogP contribution < -0.4 is 20.1 Å². The summed E-state index contributed by atoms with van der Waals surface area (Å²) in [6.07, 6.45) is -1.11. The number of fused-ring (bicyclic) bond motifs is 1. The maximum absolute atomic E-state index is 13.4. The lowest BCUT2D eigenvalue weighted by atomic mass is 10.1. The number of carbonyl (C=O) groups is 2. The van der Waals surface area contributed by atoms with Crippen molar-refractivity contribution in [2.45, 2.75) is 24.8 Å². The van der Waals surface area contributed by atoms with Gasteiger partial charge < -0.3 is 15.8 Å². The van der Waals surface area contributed by atoms with Crippen molar-refractivity contribution < 1.29 is 22.7 Å². The predicted octanol–water partition coefficient (Wildman–Crippen LogP) is 3.00. The van der Waals surface area contributed by atoms with E-state index in [0.717, 1.165) is 5.56 Å². The first-order chi connectivity index (χ1) is 15.7. The maximum Gasteiger partial charge on any atom is 0.267 e. The summed E-state index contributed by atoms with van der Waals surface area (Å²) in [7, 11) is -3.95. The fourth-order valence-electron chi connectivity index (χ4n) is 3.66. The van der Waals surface area contributed by atoms with E-state index in [4.69, 9.17) is 10.5 Å². The third-order valence-electron chi connectivity index (χ3n) is 5.49. The van der Waals surface area contributed by atoms with Crippen LogP contribution in [0.2, 0.25) is 0 Å². The molecule has 0 fully saturated rings. The lowest BCUT2D eigenvalue weighted by molar-refractivity contribution is -0.122. The summed E-state index contributed by atoms with van der Waals surface area (Å²) in [5, 5.41) is 2.73. The van der Waals surface area contributed by atoms with Crippen molar-refractivity contribution in [3.63, 3.8) is 0 Å². The van der Waals surface area contributed by atoms with E-state index in [1.54, 1.807) is 61.5 Å². The molecular weight excluding hydrogens is 442 g/mol. The molecule has 0 saturated carbocycles. The second kappa shape index (κ2) is 8.59. The van der Waals surface area contributed by atoms with E-state index in [9.17, 15) is 18.0 Å². The molecular formula is C24H23N3O5S. The first-order valence-electron chi connectivity index (χ1n) is 10.2. The van der Waals surface area contributed by atoms with Crippen molar-refractivity contribution in [3.8, 4) is 5.75 Å². The summed E-state index contributed by atoms with van der Waals surface area (Å²) in [4.78, 5) is 24.8. The third-order valence-corrected chi connectivity index (χ3v) is 7.29. The van der Waals surface area contributed by atoms with Crippen molar-refractivity contribution in [2.75, 3.05) is 16.2 Å². The Morgan fingerprint density at radius 3 is 2.39 bits per heavy atom. The van der Waals surface area contributed by atoms with E-state index in [1.807, 2.05) is 6.92 Å². The third kappa shape index (κ3) is 4.27. The van der Waals surface area contributed by atoms with E-state index in [0.29, 0.717) is 16.9 Å². The van der Waals surface area contributed by atoms with Crippen LogP contribution in [0.5, 0.6) is 5.75 Å². The number of anilines is 2. The molecule has 9 heteroatoms. The average Bonchev–Trinajstić information content (AvgIpc) is 2.79. The Morgan fingerprint density at radius 1 is 1.00 bits per heavy atom. The molecule has 0 aliphatic carbocycles. The van der Waals surface area contributed by atoms with Gasteiger partial charge >= 0.3 is 0 Å². The van der Waals surface area contributed by atoms with Crippen LogP contribution in [0.25, 0.3) is 0 Å². The highest BCUT2D eigenvalue weighted by Crippen LogP contribution is 2.37. The molecule has 4 rings (SSSR count). The molecule has 0 radical (unpaired) electrons. The number of carbonyl (C=O) groups excluding carboxylic acids is 2. The van der Waals surface area contributed by atoms with Gasteiger partial charge in [-0.2, -0.15) is 0 Å². The summed E-state index contributed by atoms with van der Waals surface area (Å²) < 4.78 is 33.9. The summed E-state index contributed by atoms with van der Waals surface area (Å²) in [5.41, 5.74) is 7.87. The Hall–Kier alpha value is -3.85. The number of ether oxygens (including phenoxy) is 1. The largest absolute Gasteiger partial charge is 0.476 e. The number of nitrogens with zero attached hydrogens (tertiary/aromatic N) is 1. The Balaban J connectivity index is 1.67. The Morgan fingerprint density at radius 2 is 1.70 bits per heavy atom. The summed E-state index contributed by atoms with van der Waals surface area (Å²) >= 11 is 0. The summed E-state index contributed by atoms with van der Waals surface area (Å²) in [6, 6.07) is 18.0. The van der Waals surface area contributed by atoms with Crippen molar-refractivity contribution in [1.29, 1.82) is 0 Å². The van der Waals surface area contributed by atoms with Gasteiger partial charge in [-0.3, -0.25) is 13.9 Å². The number of primary amides is 1. The van der Waals surface area contributed by atoms with Gasteiger partial charge in [-0.1, -0.05) is 35.9 Å². The number of hydrogen-bond acceptors (Lipinski definition) is 5. The van der Waals surface area contributed by atoms with E-state index in [1.165, 1.54) is 16.4 Å². The van der Waals surface area contributed by atoms with Gasteiger partial charge in [0.25, 0.3) is 15.9 Å². The van der Waals surface area contributed by atoms with E-state index in [-0.39, 0.29) is 22.8 Å². The van der Waals surface area contributed by atoms with Gasteiger partial charge in [0.1, 0.15) is 5.75 Å². The number of aryl methyl sites for hydroxylation is 1. The minimum atomic E-state index is -3.95. The zero-order chi connectivity index (χ0) is 23.8. The smallest absolute Gasteiger partial charge is 0.267 e. The van der Waals surface area contributed by atoms with Crippen LogP contribution in [0.3, 0.4) is 0 Å². The molecule has 170 valence electrons. The first-order valence-corrected chi connectivity index (χ1v) is 11.7. The highest BCUT2D eigenvalue weighted by Gasteiger charge is 2.37. The molecule has 1 aliphatic heterocycles. The van der Waals surface area contributed by atoms with E-state index >= 15 is 0 Å². The molecule has 3 aromatic rings. The number of para-hydroxylation sites is 2. The average molecular weight is 466 g/mol. The van der Waals surface area contributed by atoms with Crippen LogP contribution in [0.15, 0.2) is 71.6 Å². The number of rotatable bonds is 5. The molecule has 8 nitrogen and oxygen atoms in total. The quantitative estimate of drug-likeness (QED) is 0.600.